The number of nitrogens with zero attached hydrogens (tertiary/aromatic N) is 1. The number of aromatic hydroxyl groups is 1. The summed E-state index contributed by atoms with van der Waals surface area (Å²) in [6.45, 7) is 3.96. The normalized spacial score (nSPS) is 20.3. The topological polar surface area (TPSA) is 44.7 Å². The van der Waals surface area contributed by atoms with Gasteiger partial charge in [-0.3, -0.25) is 4.90 Å². The number of hydrogen-bond donors (Lipinski definition) is 2. The monoisotopic (exact) mass is 470 g/mol. The van der Waals surface area contributed by atoms with Crippen molar-refractivity contribution in [2.24, 2.45) is 0 Å². The highest BCUT2D eigenvalue weighted by Crippen LogP contribution is 2.34. The van der Waals surface area contributed by atoms with Crippen molar-refractivity contribution in [1.29, 1.82) is 0 Å². The lowest BCUT2D eigenvalue weighted by Crippen LogP contribution is -2.38. The molecule has 0 spiro atoms. The zero-order chi connectivity index (χ0) is 23.9. The molecule has 2 aliphatic rings. The molecule has 0 radical (unpaired) electrons. The van der Waals surface area contributed by atoms with Gasteiger partial charge in [0.15, 0.2) is 0 Å². The van der Waals surface area contributed by atoms with Crippen molar-refractivity contribution < 1.29 is 9.84 Å². The number of benzene rings is 3. The lowest BCUT2D eigenvalue weighted by Gasteiger charge is -2.38. The van der Waals surface area contributed by atoms with Crippen LogP contribution in [0.2, 0.25) is 0 Å². The smallest absolute Gasteiger partial charge is 0.119 e. The molecule has 2 aliphatic heterocycles. The van der Waals surface area contributed by atoms with Crippen LogP contribution in [0.25, 0.3) is 0 Å². The first kappa shape index (κ1) is 23.9. The first-order chi connectivity index (χ1) is 17.2. The molecule has 0 aliphatic carbocycles. The summed E-state index contributed by atoms with van der Waals surface area (Å²) in [6, 6.07) is 26.3. The fourth-order valence-corrected chi connectivity index (χ4v) is 5.61. The summed E-state index contributed by atoms with van der Waals surface area (Å²) in [5.41, 5.74) is 5.33. The van der Waals surface area contributed by atoms with E-state index < -0.39 is 0 Å². The summed E-state index contributed by atoms with van der Waals surface area (Å²) >= 11 is 0. The molecular formula is C31H38N2O2. The van der Waals surface area contributed by atoms with E-state index in [1.54, 1.807) is 0 Å². The van der Waals surface area contributed by atoms with Gasteiger partial charge in [-0.15, -0.1) is 0 Å². The Balaban J connectivity index is 1.23. The van der Waals surface area contributed by atoms with Crippen LogP contribution < -0.4 is 10.1 Å². The number of phenols is 1. The third-order valence-electron chi connectivity index (χ3n) is 7.63. The maximum absolute atomic E-state index is 10.0. The second-order valence-electron chi connectivity index (χ2n) is 10.1. The Morgan fingerprint density at radius 3 is 2.60 bits per heavy atom. The minimum atomic E-state index is 0.312. The fourth-order valence-electron chi connectivity index (χ4n) is 5.61. The van der Waals surface area contributed by atoms with Crippen molar-refractivity contribution in [3.05, 3.63) is 95.1 Å². The van der Waals surface area contributed by atoms with Gasteiger partial charge in [-0.25, -0.2) is 0 Å². The highest BCUT2D eigenvalue weighted by molar-refractivity contribution is 5.40. The van der Waals surface area contributed by atoms with Crippen molar-refractivity contribution in [3.63, 3.8) is 0 Å². The van der Waals surface area contributed by atoms with Gasteiger partial charge in [0.1, 0.15) is 11.5 Å². The SMILES string of the molecule is Oc1ccc2c(c1)CCN(CCc1ccccc1)C2Cc1ccc(OCCC2CCCCN2)cc1. The summed E-state index contributed by atoms with van der Waals surface area (Å²) in [5, 5.41) is 13.6. The highest BCUT2D eigenvalue weighted by atomic mass is 16.5. The number of nitrogens with one attached hydrogen (secondary N) is 1. The highest BCUT2D eigenvalue weighted by Gasteiger charge is 2.27. The van der Waals surface area contributed by atoms with Gasteiger partial charge in [0.2, 0.25) is 0 Å². The van der Waals surface area contributed by atoms with Crippen molar-refractivity contribution in [1.82, 2.24) is 10.2 Å². The minimum absolute atomic E-state index is 0.312. The van der Waals surface area contributed by atoms with Crippen LogP contribution in [-0.2, 0) is 19.3 Å². The van der Waals surface area contributed by atoms with Gasteiger partial charge in [-0.05, 0) is 91.6 Å². The van der Waals surface area contributed by atoms with Gasteiger partial charge < -0.3 is 15.2 Å². The molecule has 0 bridgehead atoms. The quantitative estimate of drug-likeness (QED) is 0.422. The summed E-state index contributed by atoms with van der Waals surface area (Å²) in [7, 11) is 0. The van der Waals surface area contributed by atoms with Crippen LogP contribution in [0.1, 0.15) is 54.0 Å². The molecule has 2 heterocycles. The third-order valence-corrected chi connectivity index (χ3v) is 7.63. The van der Waals surface area contributed by atoms with E-state index in [4.69, 9.17) is 4.74 Å². The van der Waals surface area contributed by atoms with Crippen molar-refractivity contribution in [3.8, 4) is 11.5 Å². The van der Waals surface area contributed by atoms with E-state index in [1.807, 2.05) is 12.1 Å². The van der Waals surface area contributed by atoms with E-state index >= 15 is 0 Å². The minimum Gasteiger partial charge on any atom is -0.508 e. The van der Waals surface area contributed by atoms with Crippen LogP contribution in [-0.4, -0.2) is 42.3 Å². The average molecular weight is 471 g/mol. The molecule has 2 unspecified atom stereocenters. The van der Waals surface area contributed by atoms with E-state index in [0.717, 1.165) is 57.7 Å². The molecule has 0 aromatic heterocycles. The standard InChI is InChI=1S/C31H38N2O2/c34-28-11-14-30-26(23-28)16-20-33(19-15-24-6-2-1-3-7-24)31(30)22-25-9-12-29(13-10-25)35-21-17-27-8-4-5-18-32-27/h1-3,6-7,9-14,23,27,31-32,34H,4-5,8,15-22H2. The van der Waals surface area contributed by atoms with Gasteiger partial charge in [0.05, 0.1) is 6.61 Å². The van der Waals surface area contributed by atoms with E-state index in [-0.39, 0.29) is 0 Å². The Labute approximate surface area is 209 Å². The van der Waals surface area contributed by atoms with Crippen LogP contribution in [0, 0.1) is 0 Å². The lowest BCUT2D eigenvalue weighted by atomic mass is 9.88. The molecule has 2 N–H and O–H groups in total. The summed E-state index contributed by atoms with van der Waals surface area (Å²) in [5.74, 6) is 1.32. The molecule has 2 atom stereocenters. The number of ether oxygens (including phenoxy) is 1. The molecule has 1 saturated heterocycles. The maximum Gasteiger partial charge on any atom is 0.119 e. The van der Waals surface area contributed by atoms with Gasteiger partial charge in [0.25, 0.3) is 0 Å². The molecule has 1 fully saturated rings. The molecule has 3 aromatic carbocycles. The third kappa shape index (κ3) is 6.45. The van der Waals surface area contributed by atoms with Gasteiger partial charge >= 0.3 is 0 Å². The van der Waals surface area contributed by atoms with E-state index in [9.17, 15) is 5.11 Å². The molecule has 0 saturated carbocycles. The second-order valence-corrected chi connectivity index (χ2v) is 10.1. The van der Waals surface area contributed by atoms with E-state index in [2.05, 4.69) is 70.9 Å². The summed E-state index contributed by atoms with van der Waals surface area (Å²) < 4.78 is 6.05. The fraction of sp³-hybridized carbons (Fsp3) is 0.419. The first-order valence-electron chi connectivity index (χ1n) is 13.3. The van der Waals surface area contributed by atoms with Gasteiger partial charge in [0, 0.05) is 25.2 Å². The predicted octanol–water partition coefficient (Wildman–Crippen LogP) is 5.69. The maximum atomic E-state index is 10.0. The zero-order valence-corrected chi connectivity index (χ0v) is 20.7. The summed E-state index contributed by atoms with van der Waals surface area (Å²) in [4.78, 5) is 2.62. The Morgan fingerprint density at radius 2 is 1.80 bits per heavy atom. The average Bonchev–Trinajstić information content (AvgIpc) is 2.90. The Bertz CT molecular complexity index is 1060. The van der Waals surface area contributed by atoms with E-state index in [0.29, 0.717) is 17.8 Å². The van der Waals surface area contributed by atoms with Crippen molar-refractivity contribution in [2.75, 3.05) is 26.2 Å². The lowest BCUT2D eigenvalue weighted by molar-refractivity contribution is 0.185. The first-order valence-corrected chi connectivity index (χ1v) is 13.3. The van der Waals surface area contributed by atoms with Crippen LogP contribution in [0.4, 0.5) is 0 Å². The molecule has 4 nitrogen and oxygen atoms in total. The predicted molar refractivity (Wildman–Crippen MR) is 142 cm³/mol. The Kier molecular flexibility index (Phi) is 8.02. The molecule has 5 rings (SSSR count). The van der Waals surface area contributed by atoms with Gasteiger partial charge in [-0.1, -0.05) is 55.0 Å². The van der Waals surface area contributed by atoms with Crippen LogP contribution in [0.15, 0.2) is 72.8 Å². The van der Waals surface area contributed by atoms with Crippen LogP contribution >= 0.6 is 0 Å². The molecule has 3 aromatic rings. The number of fused-ring (bicyclic) bond motifs is 1. The Morgan fingerprint density at radius 1 is 0.943 bits per heavy atom. The van der Waals surface area contributed by atoms with Crippen LogP contribution in [0.3, 0.4) is 0 Å². The molecule has 35 heavy (non-hydrogen) atoms. The molecular weight excluding hydrogens is 432 g/mol. The Hall–Kier alpha value is -2.82. The molecule has 0 amide bonds. The van der Waals surface area contributed by atoms with Crippen LogP contribution in [0.5, 0.6) is 11.5 Å². The molecule has 184 valence electrons. The number of piperidine rings is 1. The van der Waals surface area contributed by atoms with Crippen molar-refractivity contribution >= 4 is 0 Å². The number of rotatable bonds is 9. The number of hydrogen-bond acceptors (Lipinski definition) is 4. The summed E-state index contributed by atoms with van der Waals surface area (Å²) in [6.07, 6.45) is 7.96. The second kappa shape index (κ2) is 11.7. The van der Waals surface area contributed by atoms with E-state index in [1.165, 1.54) is 41.5 Å². The van der Waals surface area contributed by atoms with Gasteiger partial charge in [-0.2, -0.15) is 0 Å². The zero-order valence-electron chi connectivity index (χ0n) is 20.7. The molecule has 4 heteroatoms. The van der Waals surface area contributed by atoms with Crippen molar-refractivity contribution in [2.45, 2.75) is 57.0 Å². The largest absolute Gasteiger partial charge is 0.508 e. The number of phenolic OH excluding ortho intramolecular Hbond substituents is 1.